The van der Waals surface area contributed by atoms with Crippen LogP contribution < -0.4 is 5.32 Å². The average Bonchev–Trinajstić information content (AvgIpc) is 2.28. The van der Waals surface area contributed by atoms with Crippen molar-refractivity contribution in [2.24, 2.45) is 5.92 Å². The van der Waals surface area contributed by atoms with Crippen molar-refractivity contribution in [1.82, 2.24) is 10.2 Å². The average molecular weight is 256 g/mol. The molecule has 2 unspecified atom stereocenters. The van der Waals surface area contributed by atoms with Crippen LogP contribution in [0.2, 0.25) is 0 Å². The van der Waals surface area contributed by atoms with Gasteiger partial charge in [0, 0.05) is 25.2 Å². The highest BCUT2D eigenvalue weighted by Crippen LogP contribution is 2.09. The minimum atomic E-state index is 0.672. The van der Waals surface area contributed by atoms with Gasteiger partial charge in [-0.1, -0.05) is 40.0 Å². The molecule has 0 saturated carbocycles. The van der Waals surface area contributed by atoms with Crippen LogP contribution in [0.25, 0.3) is 0 Å². The molecule has 0 heterocycles. The van der Waals surface area contributed by atoms with Crippen LogP contribution in [0, 0.1) is 5.92 Å². The Hall–Kier alpha value is -0.0800. The summed E-state index contributed by atoms with van der Waals surface area (Å²) < 4.78 is 0. The molecule has 0 saturated heterocycles. The number of nitrogens with one attached hydrogen (secondary N) is 1. The molecular weight excluding hydrogens is 220 g/mol. The lowest BCUT2D eigenvalue weighted by Gasteiger charge is -2.27. The molecule has 0 bridgehead atoms. The van der Waals surface area contributed by atoms with Crippen LogP contribution in [0.15, 0.2) is 0 Å². The van der Waals surface area contributed by atoms with Crippen molar-refractivity contribution in [3.05, 3.63) is 0 Å². The van der Waals surface area contributed by atoms with Crippen LogP contribution in [-0.4, -0.2) is 37.1 Å². The third kappa shape index (κ3) is 9.90. The van der Waals surface area contributed by atoms with Gasteiger partial charge in [0.05, 0.1) is 0 Å². The molecule has 110 valence electrons. The van der Waals surface area contributed by atoms with E-state index >= 15 is 0 Å². The molecule has 2 nitrogen and oxygen atoms in total. The van der Waals surface area contributed by atoms with E-state index < -0.39 is 0 Å². The van der Waals surface area contributed by atoms with E-state index in [1.54, 1.807) is 0 Å². The van der Waals surface area contributed by atoms with Gasteiger partial charge in [0.25, 0.3) is 0 Å². The van der Waals surface area contributed by atoms with Crippen molar-refractivity contribution in [2.45, 2.75) is 78.8 Å². The summed E-state index contributed by atoms with van der Waals surface area (Å²) >= 11 is 0. The summed E-state index contributed by atoms with van der Waals surface area (Å²) in [4.78, 5) is 2.48. The molecule has 0 amide bonds. The highest BCUT2D eigenvalue weighted by molar-refractivity contribution is 4.68. The standard InChI is InChI=1S/C16H36N2/c1-7-8-9-10-15(4)17-11-12-18(6)16(5)13-14(2)3/h14-17H,7-13H2,1-6H3. The summed E-state index contributed by atoms with van der Waals surface area (Å²) in [6.45, 7) is 13.8. The van der Waals surface area contributed by atoms with Gasteiger partial charge in [-0.2, -0.15) is 0 Å². The normalized spacial score (nSPS) is 15.3. The monoisotopic (exact) mass is 256 g/mol. The van der Waals surface area contributed by atoms with Crippen molar-refractivity contribution >= 4 is 0 Å². The molecule has 0 aromatic rings. The van der Waals surface area contributed by atoms with Crippen LogP contribution in [0.4, 0.5) is 0 Å². The molecule has 0 aromatic carbocycles. The predicted molar refractivity (Wildman–Crippen MR) is 83.2 cm³/mol. The molecule has 0 spiro atoms. The molecule has 1 N–H and O–H groups in total. The first-order valence-electron chi connectivity index (χ1n) is 7.91. The first kappa shape index (κ1) is 17.9. The zero-order valence-corrected chi connectivity index (χ0v) is 13.6. The van der Waals surface area contributed by atoms with E-state index in [-0.39, 0.29) is 0 Å². The molecule has 0 aliphatic heterocycles. The lowest BCUT2D eigenvalue weighted by Crippen LogP contribution is -2.38. The number of likely N-dealkylation sites (N-methyl/N-ethyl adjacent to an activating group) is 1. The summed E-state index contributed by atoms with van der Waals surface area (Å²) in [5, 5.41) is 3.64. The molecule has 0 aliphatic rings. The summed E-state index contributed by atoms with van der Waals surface area (Å²) in [5.41, 5.74) is 0. The Morgan fingerprint density at radius 1 is 1.06 bits per heavy atom. The Balaban J connectivity index is 3.57. The summed E-state index contributed by atoms with van der Waals surface area (Å²) in [6, 6.07) is 1.37. The summed E-state index contributed by atoms with van der Waals surface area (Å²) in [6.07, 6.45) is 6.67. The van der Waals surface area contributed by atoms with Gasteiger partial charge in [-0.05, 0) is 39.7 Å². The van der Waals surface area contributed by atoms with Crippen molar-refractivity contribution in [3.63, 3.8) is 0 Å². The minimum absolute atomic E-state index is 0.672. The molecule has 2 heteroatoms. The number of nitrogens with zero attached hydrogens (tertiary/aromatic N) is 1. The quantitative estimate of drug-likeness (QED) is 0.564. The SMILES string of the molecule is CCCCCC(C)NCCN(C)C(C)CC(C)C. The number of unbranched alkanes of at least 4 members (excludes halogenated alkanes) is 2. The lowest BCUT2D eigenvalue weighted by atomic mass is 10.0. The van der Waals surface area contributed by atoms with Crippen LogP contribution in [-0.2, 0) is 0 Å². The fraction of sp³-hybridized carbons (Fsp3) is 1.00. The van der Waals surface area contributed by atoms with Crippen molar-refractivity contribution in [3.8, 4) is 0 Å². The van der Waals surface area contributed by atoms with E-state index in [4.69, 9.17) is 0 Å². The van der Waals surface area contributed by atoms with Crippen LogP contribution in [0.3, 0.4) is 0 Å². The van der Waals surface area contributed by atoms with Crippen molar-refractivity contribution in [1.29, 1.82) is 0 Å². The Labute approximate surface area is 116 Å². The second kappa shape index (κ2) is 10.8. The lowest BCUT2D eigenvalue weighted by molar-refractivity contribution is 0.225. The Morgan fingerprint density at radius 2 is 1.72 bits per heavy atom. The maximum atomic E-state index is 3.64. The molecule has 2 atom stereocenters. The summed E-state index contributed by atoms with van der Waals surface area (Å²) in [5.74, 6) is 0.795. The molecule has 0 fully saturated rings. The zero-order valence-electron chi connectivity index (χ0n) is 13.6. The third-order valence-electron chi connectivity index (χ3n) is 3.76. The summed E-state index contributed by atoms with van der Waals surface area (Å²) in [7, 11) is 2.25. The molecule has 18 heavy (non-hydrogen) atoms. The Bertz CT molecular complexity index is 180. The van der Waals surface area contributed by atoms with Gasteiger partial charge >= 0.3 is 0 Å². The number of hydrogen-bond acceptors (Lipinski definition) is 2. The Kier molecular flexibility index (Phi) is 10.8. The maximum Gasteiger partial charge on any atom is 0.0107 e. The molecular formula is C16H36N2. The fourth-order valence-corrected chi connectivity index (χ4v) is 2.37. The molecule has 0 rings (SSSR count). The van der Waals surface area contributed by atoms with Crippen LogP contribution in [0.5, 0.6) is 0 Å². The van der Waals surface area contributed by atoms with E-state index in [2.05, 4.69) is 51.9 Å². The van der Waals surface area contributed by atoms with Gasteiger partial charge in [-0.3, -0.25) is 0 Å². The van der Waals surface area contributed by atoms with E-state index in [1.807, 2.05) is 0 Å². The van der Waals surface area contributed by atoms with E-state index in [1.165, 1.54) is 32.1 Å². The second-order valence-corrected chi connectivity index (χ2v) is 6.31. The molecule has 0 aromatic heterocycles. The van der Waals surface area contributed by atoms with Gasteiger partial charge in [0.1, 0.15) is 0 Å². The first-order valence-corrected chi connectivity index (χ1v) is 7.91. The van der Waals surface area contributed by atoms with Crippen molar-refractivity contribution < 1.29 is 0 Å². The highest BCUT2D eigenvalue weighted by atomic mass is 15.1. The predicted octanol–water partition coefficient (Wildman–Crippen LogP) is 3.91. The molecule has 0 radical (unpaired) electrons. The second-order valence-electron chi connectivity index (χ2n) is 6.31. The van der Waals surface area contributed by atoms with Gasteiger partial charge in [0.15, 0.2) is 0 Å². The number of rotatable bonds is 11. The van der Waals surface area contributed by atoms with Crippen molar-refractivity contribution in [2.75, 3.05) is 20.1 Å². The zero-order chi connectivity index (χ0) is 14.0. The van der Waals surface area contributed by atoms with E-state index in [0.717, 1.165) is 19.0 Å². The van der Waals surface area contributed by atoms with E-state index in [0.29, 0.717) is 12.1 Å². The minimum Gasteiger partial charge on any atom is -0.313 e. The topological polar surface area (TPSA) is 15.3 Å². The molecule has 0 aliphatic carbocycles. The maximum absolute atomic E-state index is 3.64. The number of hydrogen-bond donors (Lipinski definition) is 1. The van der Waals surface area contributed by atoms with E-state index in [9.17, 15) is 0 Å². The third-order valence-corrected chi connectivity index (χ3v) is 3.76. The van der Waals surface area contributed by atoms with Gasteiger partial charge in [-0.15, -0.1) is 0 Å². The van der Waals surface area contributed by atoms with Gasteiger partial charge in [-0.25, -0.2) is 0 Å². The van der Waals surface area contributed by atoms with Gasteiger partial charge < -0.3 is 10.2 Å². The van der Waals surface area contributed by atoms with Gasteiger partial charge in [0.2, 0.25) is 0 Å². The van der Waals surface area contributed by atoms with Crippen LogP contribution in [0.1, 0.15) is 66.7 Å². The van der Waals surface area contributed by atoms with Crippen LogP contribution >= 0.6 is 0 Å². The Morgan fingerprint density at radius 3 is 2.28 bits per heavy atom. The largest absolute Gasteiger partial charge is 0.313 e. The first-order chi connectivity index (χ1) is 8.47. The highest BCUT2D eigenvalue weighted by Gasteiger charge is 2.10. The fourth-order valence-electron chi connectivity index (χ4n) is 2.37. The smallest absolute Gasteiger partial charge is 0.0107 e.